The van der Waals surface area contributed by atoms with Crippen LogP contribution in [0, 0.1) is 0 Å². The maximum atomic E-state index is 14.0. The number of nitrogens with zero attached hydrogens (tertiary/aromatic N) is 2. The Labute approximate surface area is 283 Å². The molecule has 3 aromatic rings. The van der Waals surface area contributed by atoms with Crippen LogP contribution in [0.3, 0.4) is 0 Å². The summed E-state index contributed by atoms with van der Waals surface area (Å²) >= 11 is 0.977. The fraction of sp³-hybridized carbons (Fsp3) is 0.162. The minimum atomic E-state index is -0.765. The van der Waals surface area contributed by atoms with Gasteiger partial charge in [0.25, 0.3) is 11.8 Å². The predicted molar refractivity (Wildman–Crippen MR) is 186 cm³/mol. The van der Waals surface area contributed by atoms with Crippen LogP contribution < -0.4 is 14.8 Å². The van der Waals surface area contributed by atoms with Crippen molar-refractivity contribution in [2.75, 3.05) is 26.6 Å². The average Bonchev–Trinajstić information content (AvgIpc) is 3.12. The molecule has 0 saturated heterocycles. The highest BCUT2D eigenvalue weighted by Gasteiger charge is 2.35. The quantitative estimate of drug-likeness (QED) is 0.108. The van der Waals surface area contributed by atoms with Gasteiger partial charge >= 0.3 is 5.97 Å². The standard InChI is InChI=1S/C37H35N3O7S/c1-5-7-18-28(6-2)40-36(44)29(21-25-19-20-30(31(22-25)45-3)47-23-33(42)46-4)35(43)39-37(40)48-24-32(41)38-34(26-14-10-8-11-15-26)27-16-12-9-13-17-27/h5-22,34H,1,23-24H2,2-4H3,(H,38,41)/b18-7-,28-6+,29-21+. The highest BCUT2D eigenvalue weighted by atomic mass is 32.2. The van der Waals surface area contributed by atoms with Crippen molar-refractivity contribution in [3.63, 3.8) is 0 Å². The second kappa shape index (κ2) is 17.3. The summed E-state index contributed by atoms with van der Waals surface area (Å²) in [4.78, 5) is 57.7. The summed E-state index contributed by atoms with van der Waals surface area (Å²) in [5, 5.41) is 3.13. The first-order valence-electron chi connectivity index (χ1n) is 14.8. The minimum absolute atomic E-state index is 0.0548. The maximum Gasteiger partial charge on any atom is 0.343 e. The molecule has 1 aliphatic heterocycles. The highest BCUT2D eigenvalue weighted by molar-refractivity contribution is 8.14. The number of allylic oxidation sites excluding steroid dienone is 4. The van der Waals surface area contributed by atoms with Gasteiger partial charge in [0.1, 0.15) is 5.57 Å². The number of thioether (sulfide) groups is 1. The molecule has 0 radical (unpaired) electrons. The second-order valence-corrected chi connectivity index (χ2v) is 11.0. The number of benzene rings is 3. The molecule has 1 aliphatic rings. The lowest BCUT2D eigenvalue weighted by Gasteiger charge is -2.28. The molecule has 0 aliphatic carbocycles. The van der Waals surface area contributed by atoms with Gasteiger partial charge in [-0.15, -0.1) is 0 Å². The number of esters is 1. The largest absolute Gasteiger partial charge is 0.493 e. The fourth-order valence-electron chi connectivity index (χ4n) is 4.65. The van der Waals surface area contributed by atoms with E-state index in [1.54, 1.807) is 49.4 Å². The van der Waals surface area contributed by atoms with Crippen LogP contribution in [0.5, 0.6) is 11.5 Å². The van der Waals surface area contributed by atoms with E-state index in [1.165, 1.54) is 25.2 Å². The Hall–Kier alpha value is -5.68. The number of amides is 3. The molecule has 3 aromatic carbocycles. The number of amidine groups is 1. The highest BCUT2D eigenvalue weighted by Crippen LogP contribution is 2.31. The number of aliphatic imine (C=N–C) groups is 1. The summed E-state index contributed by atoms with van der Waals surface area (Å²) in [5.41, 5.74) is 2.50. The van der Waals surface area contributed by atoms with E-state index in [0.717, 1.165) is 22.9 Å². The first-order valence-corrected chi connectivity index (χ1v) is 15.8. The van der Waals surface area contributed by atoms with Crippen molar-refractivity contribution in [2.24, 2.45) is 4.99 Å². The van der Waals surface area contributed by atoms with Gasteiger partial charge in [-0.1, -0.05) is 103 Å². The Balaban J connectivity index is 1.61. The van der Waals surface area contributed by atoms with E-state index in [0.29, 0.717) is 11.3 Å². The first kappa shape index (κ1) is 35.2. The molecular weight excluding hydrogens is 630 g/mol. The lowest BCUT2D eigenvalue weighted by atomic mass is 9.99. The van der Waals surface area contributed by atoms with E-state index in [4.69, 9.17) is 9.47 Å². The smallest absolute Gasteiger partial charge is 0.343 e. The lowest BCUT2D eigenvalue weighted by molar-refractivity contribution is -0.143. The van der Waals surface area contributed by atoms with Crippen molar-refractivity contribution in [1.82, 2.24) is 10.2 Å². The van der Waals surface area contributed by atoms with Gasteiger partial charge < -0.3 is 19.5 Å². The Kier molecular flexibility index (Phi) is 12.7. The maximum absolute atomic E-state index is 14.0. The van der Waals surface area contributed by atoms with Gasteiger partial charge in [-0.3, -0.25) is 19.3 Å². The van der Waals surface area contributed by atoms with E-state index >= 15 is 0 Å². The number of methoxy groups -OCH3 is 2. The average molecular weight is 666 g/mol. The lowest BCUT2D eigenvalue weighted by Crippen LogP contribution is -2.42. The molecule has 48 heavy (non-hydrogen) atoms. The van der Waals surface area contributed by atoms with Crippen molar-refractivity contribution < 1.29 is 33.4 Å². The van der Waals surface area contributed by atoms with Crippen LogP contribution in [0.25, 0.3) is 6.08 Å². The van der Waals surface area contributed by atoms with Crippen molar-refractivity contribution >= 4 is 46.7 Å². The molecule has 11 heteroatoms. The molecule has 0 atom stereocenters. The van der Waals surface area contributed by atoms with Crippen molar-refractivity contribution in [3.05, 3.63) is 138 Å². The van der Waals surface area contributed by atoms with Gasteiger partial charge in [-0.05, 0) is 47.9 Å². The molecule has 3 amide bonds. The van der Waals surface area contributed by atoms with Crippen LogP contribution in [0.2, 0.25) is 0 Å². The third-order valence-corrected chi connectivity index (χ3v) is 7.92. The number of carbonyl (C=O) groups is 4. The summed E-state index contributed by atoms with van der Waals surface area (Å²) < 4.78 is 15.5. The number of ether oxygens (including phenoxy) is 3. The Morgan fingerprint density at radius 2 is 1.65 bits per heavy atom. The summed E-state index contributed by atoms with van der Waals surface area (Å²) in [7, 11) is 2.67. The molecular formula is C37H35N3O7S. The van der Waals surface area contributed by atoms with Crippen LogP contribution in [-0.4, -0.2) is 60.3 Å². The summed E-state index contributed by atoms with van der Waals surface area (Å²) in [6.45, 7) is 5.12. The van der Waals surface area contributed by atoms with Crippen LogP contribution in [0.1, 0.15) is 29.7 Å². The Morgan fingerprint density at radius 3 is 2.23 bits per heavy atom. The molecule has 0 unspecified atom stereocenters. The van der Waals surface area contributed by atoms with Gasteiger partial charge in [0.15, 0.2) is 23.3 Å². The topological polar surface area (TPSA) is 124 Å². The van der Waals surface area contributed by atoms with E-state index in [-0.39, 0.29) is 40.5 Å². The summed E-state index contributed by atoms with van der Waals surface area (Å²) in [6.07, 6.45) is 7.96. The van der Waals surface area contributed by atoms with E-state index in [9.17, 15) is 19.2 Å². The van der Waals surface area contributed by atoms with Crippen molar-refractivity contribution in [3.8, 4) is 11.5 Å². The number of nitrogens with one attached hydrogen (secondary N) is 1. The molecule has 1 heterocycles. The summed E-state index contributed by atoms with van der Waals surface area (Å²) in [6, 6.07) is 23.5. The summed E-state index contributed by atoms with van der Waals surface area (Å²) in [5.74, 6) is -1.84. The van der Waals surface area contributed by atoms with Gasteiger partial charge in [-0.25, -0.2) is 4.79 Å². The van der Waals surface area contributed by atoms with E-state index in [1.807, 2.05) is 60.7 Å². The van der Waals surface area contributed by atoms with Gasteiger partial charge in [0.2, 0.25) is 5.91 Å². The number of rotatable bonds is 13. The predicted octanol–water partition coefficient (Wildman–Crippen LogP) is 5.64. The fourth-order valence-corrected chi connectivity index (χ4v) is 5.46. The number of hydrogen-bond acceptors (Lipinski definition) is 8. The molecule has 0 spiro atoms. The molecule has 0 fully saturated rings. The van der Waals surface area contributed by atoms with E-state index < -0.39 is 23.8 Å². The molecule has 0 aromatic heterocycles. The second-order valence-electron chi connectivity index (χ2n) is 10.1. The molecule has 10 nitrogen and oxygen atoms in total. The van der Waals surface area contributed by atoms with Crippen LogP contribution in [-0.2, 0) is 23.9 Å². The zero-order valence-corrected chi connectivity index (χ0v) is 27.6. The SMILES string of the molecule is C=C/C=C\C(=C/C)N1C(=O)/C(=C/c2ccc(OCC(=O)OC)c(OC)c2)C(=O)N=C1SCC(=O)NC(c1ccccc1)c1ccccc1. The normalized spacial score (nSPS) is 14.2. The molecule has 4 rings (SSSR count). The van der Waals surface area contributed by atoms with Crippen molar-refractivity contribution in [1.29, 1.82) is 0 Å². The van der Waals surface area contributed by atoms with Crippen LogP contribution in [0.4, 0.5) is 0 Å². The van der Waals surface area contributed by atoms with Gasteiger partial charge in [-0.2, -0.15) is 4.99 Å². The Bertz CT molecular complexity index is 1740. The third kappa shape index (κ3) is 8.98. The molecule has 0 saturated carbocycles. The Morgan fingerprint density at radius 1 is 0.979 bits per heavy atom. The van der Waals surface area contributed by atoms with Crippen LogP contribution in [0.15, 0.2) is 126 Å². The number of hydrogen-bond donors (Lipinski definition) is 1. The number of carbonyl (C=O) groups excluding carboxylic acids is 4. The monoisotopic (exact) mass is 665 g/mol. The molecule has 246 valence electrons. The van der Waals surface area contributed by atoms with Gasteiger partial charge in [0.05, 0.1) is 26.0 Å². The van der Waals surface area contributed by atoms with E-state index in [2.05, 4.69) is 21.6 Å². The first-order chi connectivity index (χ1) is 23.3. The van der Waals surface area contributed by atoms with Crippen LogP contribution >= 0.6 is 11.8 Å². The van der Waals surface area contributed by atoms with Crippen molar-refractivity contribution in [2.45, 2.75) is 13.0 Å². The van der Waals surface area contributed by atoms with Gasteiger partial charge in [0, 0.05) is 5.70 Å². The molecule has 0 bridgehead atoms. The zero-order valence-electron chi connectivity index (χ0n) is 26.8. The zero-order chi connectivity index (χ0) is 34.5. The third-order valence-electron chi connectivity index (χ3n) is 6.98. The molecule has 1 N–H and O–H groups in total. The minimum Gasteiger partial charge on any atom is -0.493 e.